The molecule has 25 heavy (non-hydrogen) atoms. The van der Waals surface area contributed by atoms with Gasteiger partial charge in [0.25, 0.3) is 5.91 Å². The van der Waals surface area contributed by atoms with Crippen molar-refractivity contribution >= 4 is 17.6 Å². The summed E-state index contributed by atoms with van der Waals surface area (Å²) in [5.74, 6) is -0.168. The second-order valence-electron chi connectivity index (χ2n) is 5.06. The van der Waals surface area contributed by atoms with Crippen LogP contribution in [0.3, 0.4) is 0 Å². The first kappa shape index (κ1) is 18.5. The zero-order valence-corrected chi connectivity index (χ0v) is 14.3. The topological polar surface area (TPSA) is 73.9 Å². The fraction of sp³-hybridized carbons (Fsp3) is 0.263. The average molecular weight is 343 g/mol. The molecule has 0 bridgehead atoms. The number of nitrogens with one attached hydrogen (secondary N) is 1. The van der Waals surface area contributed by atoms with Gasteiger partial charge in [0.2, 0.25) is 0 Å². The maximum Gasteiger partial charge on any atom is 0.337 e. The summed E-state index contributed by atoms with van der Waals surface area (Å²) in [6, 6.07) is 13.4. The maximum atomic E-state index is 12.4. The van der Waals surface area contributed by atoms with E-state index in [9.17, 15) is 9.59 Å². The second kappa shape index (κ2) is 9.44. The molecule has 0 spiro atoms. The molecule has 0 aromatic heterocycles. The third-order valence-corrected chi connectivity index (χ3v) is 3.39. The molecule has 1 amide bonds. The van der Waals surface area contributed by atoms with Crippen molar-refractivity contribution in [2.24, 2.45) is 0 Å². The van der Waals surface area contributed by atoms with E-state index in [1.54, 1.807) is 36.4 Å². The van der Waals surface area contributed by atoms with Crippen molar-refractivity contribution in [3.63, 3.8) is 0 Å². The number of ether oxygens (including phenoxy) is 3. The molecule has 0 atom stereocenters. The van der Waals surface area contributed by atoms with Crippen molar-refractivity contribution in [2.75, 3.05) is 32.2 Å². The van der Waals surface area contributed by atoms with E-state index in [2.05, 4.69) is 10.1 Å². The third kappa shape index (κ3) is 5.32. The standard InChI is InChI=1S/C19H21NO5/c1-3-24-12-13-25-17-7-5-4-6-16(17)20-18(21)14-8-10-15(11-9-14)19(22)23-2/h4-11H,3,12-13H2,1-2H3,(H,20,21). The fourth-order valence-electron chi connectivity index (χ4n) is 2.12. The maximum absolute atomic E-state index is 12.4. The first-order valence-corrected chi connectivity index (χ1v) is 7.95. The first-order valence-electron chi connectivity index (χ1n) is 7.95. The molecule has 1 N–H and O–H groups in total. The van der Waals surface area contributed by atoms with Crippen LogP contribution < -0.4 is 10.1 Å². The number of para-hydroxylation sites is 2. The summed E-state index contributed by atoms with van der Waals surface area (Å²) >= 11 is 0. The quantitative estimate of drug-likeness (QED) is 0.589. The van der Waals surface area contributed by atoms with Gasteiger partial charge >= 0.3 is 5.97 Å². The number of methoxy groups -OCH3 is 1. The molecule has 6 heteroatoms. The highest BCUT2D eigenvalue weighted by molar-refractivity contribution is 6.05. The Morgan fingerprint density at radius 3 is 2.32 bits per heavy atom. The van der Waals surface area contributed by atoms with Crippen LogP contribution in [0.4, 0.5) is 5.69 Å². The van der Waals surface area contributed by atoms with Crippen LogP contribution in [0.2, 0.25) is 0 Å². The van der Waals surface area contributed by atoms with Crippen LogP contribution in [0.25, 0.3) is 0 Å². The molecule has 0 fully saturated rings. The average Bonchev–Trinajstić information content (AvgIpc) is 2.66. The van der Waals surface area contributed by atoms with Crippen molar-refractivity contribution in [3.8, 4) is 5.75 Å². The molecule has 0 radical (unpaired) electrons. The Morgan fingerprint density at radius 2 is 1.64 bits per heavy atom. The highest BCUT2D eigenvalue weighted by Gasteiger charge is 2.11. The van der Waals surface area contributed by atoms with Gasteiger partial charge < -0.3 is 19.5 Å². The predicted molar refractivity (Wildman–Crippen MR) is 94.2 cm³/mol. The lowest BCUT2D eigenvalue weighted by Crippen LogP contribution is -2.14. The number of amides is 1. The largest absolute Gasteiger partial charge is 0.489 e. The minimum Gasteiger partial charge on any atom is -0.489 e. The number of carbonyl (C=O) groups is 2. The van der Waals surface area contributed by atoms with Crippen molar-refractivity contribution in [1.82, 2.24) is 0 Å². The SMILES string of the molecule is CCOCCOc1ccccc1NC(=O)c1ccc(C(=O)OC)cc1. The van der Waals surface area contributed by atoms with E-state index in [0.29, 0.717) is 42.4 Å². The Morgan fingerprint density at radius 1 is 0.960 bits per heavy atom. The first-order chi connectivity index (χ1) is 12.2. The van der Waals surface area contributed by atoms with Crippen LogP contribution in [0.5, 0.6) is 5.75 Å². The normalized spacial score (nSPS) is 10.2. The van der Waals surface area contributed by atoms with Gasteiger partial charge in [0.05, 0.1) is 25.0 Å². The summed E-state index contributed by atoms with van der Waals surface area (Å²) in [5, 5.41) is 2.81. The van der Waals surface area contributed by atoms with E-state index in [1.807, 2.05) is 19.1 Å². The van der Waals surface area contributed by atoms with Gasteiger partial charge in [0.1, 0.15) is 12.4 Å². The molecule has 132 valence electrons. The van der Waals surface area contributed by atoms with Gasteiger partial charge in [-0.05, 0) is 43.3 Å². The van der Waals surface area contributed by atoms with Crippen molar-refractivity contribution in [1.29, 1.82) is 0 Å². The summed E-state index contributed by atoms with van der Waals surface area (Å²) in [4.78, 5) is 23.8. The Hall–Kier alpha value is -2.86. The molecule has 0 aliphatic rings. The van der Waals surface area contributed by atoms with Crippen LogP contribution in [0.15, 0.2) is 48.5 Å². The minimum absolute atomic E-state index is 0.294. The number of hydrogen-bond donors (Lipinski definition) is 1. The van der Waals surface area contributed by atoms with Crippen LogP contribution in [0, 0.1) is 0 Å². The molecule has 0 heterocycles. The summed E-state index contributed by atoms with van der Waals surface area (Å²) in [6.07, 6.45) is 0. The van der Waals surface area contributed by atoms with E-state index in [1.165, 1.54) is 7.11 Å². The van der Waals surface area contributed by atoms with Gasteiger partial charge in [-0.25, -0.2) is 4.79 Å². The van der Waals surface area contributed by atoms with Gasteiger partial charge in [-0.2, -0.15) is 0 Å². The van der Waals surface area contributed by atoms with Gasteiger partial charge in [-0.1, -0.05) is 12.1 Å². The molecule has 0 aliphatic carbocycles. The molecule has 2 rings (SSSR count). The van der Waals surface area contributed by atoms with Crippen molar-refractivity contribution < 1.29 is 23.8 Å². The number of benzene rings is 2. The molecule has 0 saturated heterocycles. The van der Waals surface area contributed by atoms with E-state index < -0.39 is 5.97 Å². The lowest BCUT2D eigenvalue weighted by Gasteiger charge is -2.12. The highest BCUT2D eigenvalue weighted by Crippen LogP contribution is 2.24. The Labute approximate surface area is 146 Å². The van der Waals surface area contributed by atoms with E-state index >= 15 is 0 Å². The molecular formula is C19H21NO5. The van der Waals surface area contributed by atoms with E-state index in [4.69, 9.17) is 9.47 Å². The van der Waals surface area contributed by atoms with Crippen molar-refractivity contribution in [3.05, 3.63) is 59.7 Å². The third-order valence-electron chi connectivity index (χ3n) is 3.39. The number of rotatable bonds is 8. The molecule has 0 aliphatic heterocycles. The zero-order chi connectivity index (χ0) is 18.1. The van der Waals surface area contributed by atoms with Crippen LogP contribution in [-0.2, 0) is 9.47 Å². The molecule has 0 saturated carbocycles. The summed E-state index contributed by atoms with van der Waals surface area (Å²) in [7, 11) is 1.31. The number of hydrogen-bond acceptors (Lipinski definition) is 5. The summed E-state index contributed by atoms with van der Waals surface area (Å²) in [5.41, 5.74) is 1.39. The molecular weight excluding hydrogens is 322 g/mol. The van der Waals surface area contributed by atoms with Gasteiger partial charge in [0.15, 0.2) is 0 Å². The lowest BCUT2D eigenvalue weighted by atomic mass is 10.1. The van der Waals surface area contributed by atoms with Gasteiger partial charge in [-0.15, -0.1) is 0 Å². The van der Waals surface area contributed by atoms with Gasteiger partial charge in [0, 0.05) is 12.2 Å². The zero-order valence-electron chi connectivity index (χ0n) is 14.3. The van der Waals surface area contributed by atoms with Gasteiger partial charge in [-0.3, -0.25) is 4.79 Å². The number of esters is 1. The number of carbonyl (C=O) groups excluding carboxylic acids is 2. The van der Waals surface area contributed by atoms with E-state index in [-0.39, 0.29) is 5.91 Å². The van der Waals surface area contributed by atoms with Crippen LogP contribution in [-0.4, -0.2) is 38.8 Å². The lowest BCUT2D eigenvalue weighted by molar-refractivity contribution is 0.0600. The highest BCUT2D eigenvalue weighted by atomic mass is 16.5. The Bertz CT molecular complexity index is 712. The summed E-state index contributed by atoms with van der Waals surface area (Å²) in [6.45, 7) is 3.42. The molecule has 2 aromatic carbocycles. The fourth-order valence-corrected chi connectivity index (χ4v) is 2.12. The Kier molecular flexibility index (Phi) is 6.98. The van der Waals surface area contributed by atoms with Crippen LogP contribution >= 0.6 is 0 Å². The summed E-state index contributed by atoms with van der Waals surface area (Å²) < 4.78 is 15.5. The second-order valence-corrected chi connectivity index (χ2v) is 5.06. The smallest absolute Gasteiger partial charge is 0.337 e. The van der Waals surface area contributed by atoms with Crippen LogP contribution in [0.1, 0.15) is 27.6 Å². The Balaban J connectivity index is 2.03. The molecule has 2 aromatic rings. The van der Waals surface area contributed by atoms with Crippen molar-refractivity contribution in [2.45, 2.75) is 6.92 Å². The minimum atomic E-state index is -0.444. The monoisotopic (exact) mass is 343 g/mol. The van der Waals surface area contributed by atoms with E-state index in [0.717, 1.165) is 0 Å². The predicted octanol–water partition coefficient (Wildman–Crippen LogP) is 3.14. The number of anilines is 1. The molecule has 6 nitrogen and oxygen atoms in total. The molecule has 0 unspecified atom stereocenters.